The Balaban J connectivity index is 1.86. The number of carbonyl (C=O) groups excluding carboxylic acids is 1. The molecule has 1 aliphatic heterocycles. The van der Waals surface area contributed by atoms with Gasteiger partial charge in [-0.25, -0.2) is 9.48 Å². The molecule has 1 saturated heterocycles. The smallest absolute Gasteiger partial charge is 0.338 e. The summed E-state index contributed by atoms with van der Waals surface area (Å²) in [6, 6.07) is 3.51. The summed E-state index contributed by atoms with van der Waals surface area (Å²) in [4.78, 5) is 30.8. The highest BCUT2D eigenvalue weighted by atomic mass is 16.2. The van der Waals surface area contributed by atoms with Crippen molar-refractivity contribution < 1.29 is 4.79 Å². The summed E-state index contributed by atoms with van der Waals surface area (Å²) in [6.45, 7) is 5.28. The third-order valence-electron chi connectivity index (χ3n) is 4.50. The highest BCUT2D eigenvalue weighted by Crippen LogP contribution is 2.27. The van der Waals surface area contributed by atoms with Gasteiger partial charge in [-0.2, -0.15) is 5.10 Å². The van der Waals surface area contributed by atoms with Crippen molar-refractivity contribution in [2.75, 3.05) is 13.1 Å². The number of nitrogens with zero attached hydrogens (tertiary/aromatic N) is 5. The van der Waals surface area contributed by atoms with E-state index in [0.717, 1.165) is 25.2 Å². The van der Waals surface area contributed by atoms with Gasteiger partial charge in [0.05, 0.1) is 0 Å². The van der Waals surface area contributed by atoms with Crippen LogP contribution in [0.1, 0.15) is 54.8 Å². The van der Waals surface area contributed by atoms with Gasteiger partial charge in [0.1, 0.15) is 5.82 Å². The van der Waals surface area contributed by atoms with Crippen molar-refractivity contribution >= 4 is 5.91 Å². The van der Waals surface area contributed by atoms with E-state index in [1.807, 2.05) is 18.7 Å². The molecule has 24 heavy (non-hydrogen) atoms. The van der Waals surface area contributed by atoms with Gasteiger partial charge >= 0.3 is 5.69 Å². The Morgan fingerprint density at radius 2 is 2.00 bits per heavy atom. The van der Waals surface area contributed by atoms with E-state index >= 15 is 0 Å². The third-order valence-corrected chi connectivity index (χ3v) is 4.50. The van der Waals surface area contributed by atoms with Crippen LogP contribution in [0.25, 0.3) is 0 Å². The van der Waals surface area contributed by atoms with Crippen LogP contribution in [-0.2, 0) is 7.05 Å². The Kier molecular flexibility index (Phi) is 4.51. The molecule has 7 heteroatoms. The van der Waals surface area contributed by atoms with E-state index in [1.54, 1.807) is 36.1 Å². The number of piperidine rings is 1. The van der Waals surface area contributed by atoms with Crippen LogP contribution < -0.4 is 5.69 Å². The standard InChI is InChI=1S/C17H23N5O2/c1-12(2)22-15(19-20(3)17(22)24)14-5-4-10-21(11-14)16(23)13-6-8-18-9-7-13/h6-9,12,14H,4-5,10-11H2,1-3H3. The fraction of sp³-hybridized carbons (Fsp3) is 0.529. The quantitative estimate of drug-likeness (QED) is 0.857. The molecule has 3 heterocycles. The maximum Gasteiger partial charge on any atom is 0.345 e. The zero-order valence-electron chi connectivity index (χ0n) is 14.3. The van der Waals surface area contributed by atoms with Crippen molar-refractivity contribution in [2.24, 2.45) is 7.05 Å². The minimum Gasteiger partial charge on any atom is -0.338 e. The van der Waals surface area contributed by atoms with Crippen LogP contribution in [0.15, 0.2) is 29.3 Å². The fourth-order valence-corrected chi connectivity index (χ4v) is 3.31. The van der Waals surface area contributed by atoms with Gasteiger partial charge in [0.2, 0.25) is 0 Å². The van der Waals surface area contributed by atoms with Gasteiger partial charge in [0, 0.05) is 50.1 Å². The first-order chi connectivity index (χ1) is 11.5. The number of hydrogen-bond donors (Lipinski definition) is 0. The molecule has 128 valence electrons. The predicted octanol–water partition coefficient (Wildman–Crippen LogP) is 1.58. The van der Waals surface area contributed by atoms with Gasteiger partial charge in [0.25, 0.3) is 5.91 Å². The minimum atomic E-state index is -0.0995. The second-order valence-corrected chi connectivity index (χ2v) is 6.55. The van der Waals surface area contributed by atoms with E-state index < -0.39 is 0 Å². The predicted molar refractivity (Wildman–Crippen MR) is 90.0 cm³/mol. The Hall–Kier alpha value is -2.44. The van der Waals surface area contributed by atoms with Crippen LogP contribution in [-0.4, -0.2) is 43.2 Å². The van der Waals surface area contributed by atoms with Crippen LogP contribution >= 0.6 is 0 Å². The van der Waals surface area contributed by atoms with Crippen LogP contribution in [0, 0.1) is 0 Å². The van der Waals surface area contributed by atoms with Gasteiger partial charge in [0.15, 0.2) is 0 Å². The van der Waals surface area contributed by atoms with Crippen molar-refractivity contribution in [1.82, 2.24) is 24.2 Å². The second kappa shape index (κ2) is 6.59. The van der Waals surface area contributed by atoms with E-state index in [2.05, 4.69) is 10.1 Å². The third kappa shape index (κ3) is 2.98. The topological polar surface area (TPSA) is 73.0 Å². The van der Waals surface area contributed by atoms with Crippen molar-refractivity contribution in [3.63, 3.8) is 0 Å². The van der Waals surface area contributed by atoms with Gasteiger partial charge < -0.3 is 4.90 Å². The number of rotatable bonds is 3. The average Bonchev–Trinajstić information content (AvgIpc) is 2.90. The molecule has 1 aliphatic rings. The zero-order valence-corrected chi connectivity index (χ0v) is 14.3. The Bertz CT molecular complexity index is 778. The van der Waals surface area contributed by atoms with E-state index in [0.29, 0.717) is 12.1 Å². The summed E-state index contributed by atoms with van der Waals surface area (Å²) in [5.41, 5.74) is 0.547. The number of aromatic nitrogens is 4. The first-order valence-electron chi connectivity index (χ1n) is 8.33. The van der Waals surface area contributed by atoms with Crippen molar-refractivity contribution in [3.05, 3.63) is 46.4 Å². The van der Waals surface area contributed by atoms with E-state index in [9.17, 15) is 9.59 Å². The summed E-state index contributed by atoms with van der Waals surface area (Å²) < 4.78 is 3.13. The maximum absolute atomic E-state index is 12.7. The maximum atomic E-state index is 12.7. The van der Waals surface area contributed by atoms with E-state index in [-0.39, 0.29) is 23.6 Å². The molecule has 2 aromatic heterocycles. The summed E-state index contributed by atoms with van der Waals surface area (Å²) in [5, 5.41) is 4.44. The van der Waals surface area contributed by atoms with Crippen LogP contribution in [0.2, 0.25) is 0 Å². The van der Waals surface area contributed by atoms with Gasteiger partial charge in [-0.3, -0.25) is 14.3 Å². The lowest BCUT2D eigenvalue weighted by Gasteiger charge is -2.32. The second-order valence-electron chi connectivity index (χ2n) is 6.55. The molecule has 0 aliphatic carbocycles. The van der Waals surface area contributed by atoms with Gasteiger partial charge in [-0.15, -0.1) is 0 Å². The van der Waals surface area contributed by atoms with Crippen molar-refractivity contribution in [3.8, 4) is 0 Å². The number of pyridine rings is 1. The first kappa shape index (κ1) is 16.4. The summed E-state index contributed by atoms with van der Waals surface area (Å²) in [6.07, 6.45) is 5.10. The Morgan fingerprint density at radius 3 is 2.67 bits per heavy atom. The summed E-state index contributed by atoms with van der Waals surface area (Å²) in [7, 11) is 1.67. The first-order valence-corrected chi connectivity index (χ1v) is 8.33. The zero-order chi connectivity index (χ0) is 17.3. The Morgan fingerprint density at radius 1 is 1.29 bits per heavy atom. The molecule has 0 spiro atoms. The molecule has 0 radical (unpaired) electrons. The molecule has 3 rings (SSSR count). The van der Waals surface area contributed by atoms with Crippen molar-refractivity contribution in [2.45, 2.75) is 38.6 Å². The lowest BCUT2D eigenvalue weighted by Crippen LogP contribution is -2.40. The average molecular weight is 329 g/mol. The normalized spacial score (nSPS) is 18.2. The molecular formula is C17H23N5O2. The van der Waals surface area contributed by atoms with Crippen molar-refractivity contribution in [1.29, 1.82) is 0 Å². The van der Waals surface area contributed by atoms with Crippen LogP contribution in [0.3, 0.4) is 0 Å². The molecule has 0 aromatic carbocycles. The number of amides is 1. The molecular weight excluding hydrogens is 306 g/mol. The summed E-state index contributed by atoms with van der Waals surface area (Å²) >= 11 is 0. The summed E-state index contributed by atoms with van der Waals surface area (Å²) in [5.74, 6) is 0.877. The molecule has 1 amide bonds. The van der Waals surface area contributed by atoms with Gasteiger partial charge in [-0.1, -0.05) is 0 Å². The molecule has 1 unspecified atom stereocenters. The highest BCUT2D eigenvalue weighted by Gasteiger charge is 2.30. The molecule has 0 N–H and O–H groups in total. The molecule has 1 fully saturated rings. The number of aryl methyl sites for hydroxylation is 1. The lowest BCUT2D eigenvalue weighted by atomic mass is 9.96. The monoisotopic (exact) mass is 329 g/mol. The molecule has 2 aromatic rings. The Labute approximate surface area is 140 Å². The van der Waals surface area contributed by atoms with Gasteiger partial charge in [-0.05, 0) is 38.8 Å². The molecule has 1 atom stereocenters. The number of hydrogen-bond acceptors (Lipinski definition) is 4. The fourth-order valence-electron chi connectivity index (χ4n) is 3.31. The van der Waals surface area contributed by atoms with E-state index in [1.165, 1.54) is 4.68 Å². The van der Waals surface area contributed by atoms with Crippen LogP contribution in [0.5, 0.6) is 0 Å². The highest BCUT2D eigenvalue weighted by molar-refractivity contribution is 5.94. The molecule has 0 bridgehead atoms. The van der Waals surface area contributed by atoms with E-state index in [4.69, 9.17) is 0 Å². The lowest BCUT2D eigenvalue weighted by molar-refractivity contribution is 0.0702. The van der Waals surface area contributed by atoms with Crippen LogP contribution in [0.4, 0.5) is 0 Å². The largest absolute Gasteiger partial charge is 0.345 e. The SMILES string of the molecule is CC(C)n1c(C2CCCN(C(=O)c3ccncc3)C2)nn(C)c1=O. The molecule has 0 saturated carbocycles. The number of likely N-dealkylation sites (tertiary alicyclic amines) is 1. The molecule has 7 nitrogen and oxygen atoms in total. The number of carbonyl (C=O) groups is 1. The minimum absolute atomic E-state index is 0.0106.